The molecule has 10 nitrogen and oxygen atoms in total. The summed E-state index contributed by atoms with van der Waals surface area (Å²) in [5, 5.41) is 14.9. The Morgan fingerprint density at radius 2 is 1.07 bits per heavy atom. The van der Waals surface area contributed by atoms with Crippen molar-refractivity contribution < 1.29 is 44.6 Å². The number of nitrogens with zero attached hydrogens (tertiary/aromatic N) is 7. The van der Waals surface area contributed by atoms with Crippen molar-refractivity contribution in [2.24, 2.45) is 0 Å². The molecule has 0 N–H and O–H groups in total. The molecule has 16 rings (SSSR count). The first-order valence-electron chi connectivity index (χ1n) is 30.3. The highest BCUT2D eigenvalue weighted by molar-refractivity contribution is 7.98. The predicted octanol–water partition coefficient (Wildman–Crippen LogP) is 21.6. The maximum Gasteiger partial charge on any atom is 0.436 e. The van der Waals surface area contributed by atoms with Crippen molar-refractivity contribution in [2.75, 3.05) is 14.2 Å². The predicted molar refractivity (Wildman–Crippen MR) is 368 cm³/mol. The number of rotatable bonds is 8. The molecule has 0 fully saturated rings. The fourth-order valence-electron chi connectivity index (χ4n) is 11.5. The Labute approximate surface area is 555 Å². The van der Waals surface area contributed by atoms with Crippen LogP contribution in [0.25, 0.3) is 104 Å². The number of thioether (sulfide) groups is 1. The molecule has 1 aliphatic heterocycles. The van der Waals surface area contributed by atoms with Crippen LogP contribution in [0.5, 0.6) is 11.5 Å². The molecule has 0 radical (unpaired) electrons. The van der Waals surface area contributed by atoms with E-state index in [-0.39, 0.29) is 27.5 Å². The van der Waals surface area contributed by atoms with E-state index in [0.29, 0.717) is 39.2 Å². The molecule has 6 heterocycles. The number of thiazole rings is 1. The number of alkyl halides is 6. The van der Waals surface area contributed by atoms with Gasteiger partial charge in [0.2, 0.25) is 4.96 Å². The van der Waals surface area contributed by atoms with Crippen LogP contribution in [-0.2, 0) is 18.1 Å². The third-order valence-corrected chi connectivity index (χ3v) is 18.5. The van der Waals surface area contributed by atoms with Gasteiger partial charge in [-0.25, -0.2) is 23.3 Å². The number of halogens is 7. The van der Waals surface area contributed by atoms with Crippen LogP contribution >= 0.6 is 23.1 Å². The van der Waals surface area contributed by atoms with Crippen LogP contribution in [0.4, 0.5) is 30.7 Å². The number of benzene rings is 10. The number of aromatic nitrogens is 7. The molecule has 0 unspecified atom stereocenters. The lowest BCUT2D eigenvalue weighted by Crippen LogP contribution is -2.08. The zero-order chi connectivity index (χ0) is 67.0. The molecular weight excluding hydrogens is 1270 g/mol. The molecular formula is C77H58F7N7O3S2. The van der Waals surface area contributed by atoms with E-state index in [2.05, 4.69) is 143 Å². The van der Waals surface area contributed by atoms with E-state index >= 15 is 0 Å². The molecule has 96 heavy (non-hydrogen) atoms. The van der Waals surface area contributed by atoms with Gasteiger partial charge in [-0.15, -0.1) is 11.8 Å². The Balaban J connectivity index is 0.000000116. The van der Waals surface area contributed by atoms with E-state index in [1.165, 1.54) is 61.3 Å². The van der Waals surface area contributed by atoms with E-state index in [1.807, 2.05) is 54.8 Å². The fraction of sp³-hybridized carbons (Fsp3) is 0.117. The molecule has 0 spiro atoms. The van der Waals surface area contributed by atoms with Gasteiger partial charge >= 0.3 is 12.4 Å². The molecule has 19 heteroatoms. The Morgan fingerprint density at radius 1 is 0.510 bits per heavy atom. The maximum absolute atomic E-state index is 14.7. The van der Waals surface area contributed by atoms with E-state index in [9.17, 15) is 30.7 Å². The number of furan rings is 1. The Bertz CT molecular complexity index is 5280. The standard InChI is InChI=1S/C21H16O.C20H15F3N2O.C19H14F4N2OS.C17H13N3S/c1-15-11-13-17(14-12-15)21-20(16-7-3-2-4-8-16)18-9-5-6-10-19(18)22-21;1-12-3-6-14(7-4-12)25-18-16-10-8-15(26-2)11-13(16)5-9-17(18)19(24-25)20(21,22)23;1-10-3-5-11(6-4-10)25-16-12-7-8-14(26-2)15(20)13(12)9-27-17(16)18(24-25)19(21,22)23;1-12-7-9-14(10-8-12)16-15(13-5-3-2-4-6-13)20-17(21-16)18-11-19-20/h2-14H,1H3;3-11H,1-2H3;3-8H,9H2,1-2H3;2-11H,1H3. The number of methoxy groups -OCH3 is 2. The summed E-state index contributed by atoms with van der Waals surface area (Å²) < 4.78 is 117. The first kappa shape index (κ1) is 64.0. The molecule has 0 atom stereocenters. The second kappa shape index (κ2) is 26.6. The summed E-state index contributed by atoms with van der Waals surface area (Å²) in [4.78, 5) is 6.48. The quantitative estimate of drug-likeness (QED) is 0.139. The van der Waals surface area contributed by atoms with Gasteiger partial charge in [-0.2, -0.15) is 41.6 Å². The van der Waals surface area contributed by atoms with Crippen LogP contribution in [0, 0.1) is 33.5 Å². The van der Waals surface area contributed by atoms with Crippen LogP contribution < -0.4 is 9.47 Å². The van der Waals surface area contributed by atoms with Crippen LogP contribution in [-0.4, -0.2) is 48.4 Å². The summed E-state index contributed by atoms with van der Waals surface area (Å²) in [5.74, 6) is 1.17. The van der Waals surface area contributed by atoms with Gasteiger partial charge in [0.1, 0.15) is 23.4 Å². The lowest BCUT2D eigenvalue weighted by molar-refractivity contribution is -0.143. The van der Waals surface area contributed by atoms with Crippen LogP contribution in [0.1, 0.15) is 39.2 Å². The zero-order valence-electron chi connectivity index (χ0n) is 52.5. The minimum atomic E-state index is -4.60. The van der Waals surface area contributed by atoms with Crippen molar-refractivity contribution >= 4 is 60.7 Å². The molecule has 10 aromatic carbocycles. The number of para-hydroxylation sites is 1. The number of ether oxygens (including phenoxy) is 2. The summed E-state index contributed by atoms with van der Waals surface area (Å²) in [6.07, 6.45) is -7.53. The van der Waals surface area contributed by atoms with Gasteiger partial charge in [0.25, 0.3) is 0 Å². The first-order valence-corrected chi connectivity index (χ1v) is 32.1. The maximum atomic E-state index is 14.7. The molecule has 1 aliphatic rings. The highest BCUT2D eigenvalue weighted by Crippen LogP contribution is 2.50. The second-order valence-corrected chi connectivity index (χ2v) is 24.8. The van der Waals surface area contributed by atoms with Gasteiger partial charge < -0.3 is 13.9 Å². The zero-order valence-corrected chi connectivity index (χ0v) is 54.1. The summed E-state index contributed by atoms with van der Waals surface area (Å²) in [5.41, 5.74) is 13.0. The van der Waals surface area contributed by atoms with Crippen LogP contribution in [0.3, 0.4) is 0 Å². The minimum absolute atomic E-state index is 0.0140. The van der Waals surface area contributed by atoms with E-state index in [4.69, 9.17) is 13.9 Å². The molecule has 480 valence electrons. The van der Waals surface area contributed by atoms with E-state index in [1.54, 1.807) is 91.5 Å². The molecule has 0 aliphatic carbocycles. The molecule has 15 aromatic rings. The normalized spacial score (nSPS) is 11.9. The van der Waals surface area contributed by atoms with Gasteiger partial charge in [-0.05, 0) is 111 Å². The SMILES string of the molecule is COc1ccc2c(c1F)CSc1c(C(F)(F)F)nn(-c3ccc(C)cc3)c1-2.COc1ccc2c(ccc3c(C(F)(F)F)nn(-c4ccc(C)cc4)c32)c1.Cc1ccc(-c2oc3ccccc3c2-c2ccccc2)cc1.Cc1ccc(-c2sc3ncnn3c2-c2ccccc2)cc1. The average Bonchev–Trinajstić information content (AvgIpc) is 1.56. The van der Waals surface area contributed by atoms with Gasteiger partial charge in [0.05, 0.1) is 52.3 Å². The van der Waals surface area contributed by atoms with Crippen LogP contribution in [0.2, 0.25) is 0 Å². The topological polar surface area (TPSA) is 97.4 Å². The van der Waals surface area contributed by atoms with Crippen molar-refractivity contribution in [3.63, 3.8) is 0 Å². The molecule has 0 bridgehead atoms. The third kappa shape index (κ3) is 12.7. The number of hydrogen-bond acceptors (Lipinski definition) is 9. The van der Waals surface area contributed by atoms with Crippen molar-refractivity contribution in [1.82, 2.24) is 34.2 Å². The third-order valence-electron chi connectivity index (χ3n) is 16.3. The number of aryl methyl sites for hydroxylation is 4. The van der Waals surface area contributed by atoms with Gasteiger partial charge in [0.15, 0.2) is 23.0 Å². The summed E-state index contributed by atoms with van der Waals surface area (Å²) in [6, 6.07) is 71.8. The highest BCUT2D eigenvalue weighted by Gasteiger charge is 2.42. The second-order valence-electron chi connectivity index (χ2n) is 22.8. The number of fused-ring (bicyclic) bond motifs is 8. The largest absolute Gasteiger partial charge is 0.497 e. The Morgan fingerprint density at radius 3 is 1.69 bits per heavy atom. The molecule has 0 saturated heterocycles. The smallest absolute Gasteiger partial charge is 0.436 e. The van der Waals surface area contributed by atoms with Crippen molar-refractivity contribution in [2.45, 2.75) is 50.7 Å². The minimum Gasteiger partial charge on any atom is -0.497 e. The molecule has 0 saturated carbocycles. The lowest BCUT2D eigenvalue weighted by atomic mass is 9.98. The Hall–Kier alpha value is -10.8. The van der Waals surface area contributed by atoms with Crippen LogP contribution in [0.15, 0.2) is 240 Å². The fourth-order valence-corrected chi connectivity index (χ4v) is 13.8. The first-order chi connectivity index (χ1) is 46.3. The summed E-state index contributed by atoms with van der Waals surface area (Å²) >= 11 is 2.61. The van der Waals surface area contributed by atoms with Gasteiger partial charge in [0, 0.05) is 49.7 Å². The lowest BCUT2D eigenvalue weighted by Gasteiger charge is -2.20. The Kier molecular flexibility index (Phi) is 17.7. The number of hydrogen-bond donors (Lipinski definition) is 0. The molecule has 5 aromatic heterocycles. The molecule has 0 amide bonds. The highest BCUT2D eigenvalue weighted by atomic mass is 32.2. The van der Waals surface area contributed by atoms with E-state index in [0.717, 1.165) is 66.8 Å². The van der Waals surface area contributed by atoms with Gasteiger partial charge in [-0.3, -0.25) is 0 Å². The summed E-state index contributed by atoms with van der Waals surface area (Å²) in [6.45, 7) is 8.01. The van der Waals surface area contributed by atoms with E-state index < -0.39 is 29.6 Å². The average molecular weight is 1330 g/mol. The van der Waals surface area contributed by atoms with Crippen molar-refractivity contribution in [3.8, 4) is 78.3 Å². The van der Waals surface area contributed by atoms with Gasteiger partial charge in [-0.1, -0.05) is 191 Å². The monoisotopic (exact) mass is 1330 g/mol. The van der Waals surface area contributed by atoms with Crippen molar-refractivity contribution in [1.29, 1.82) is 0 Å². The summed E-state index contributed by atoms with van der Waals surface area (Å²) in [7, 11) is 2.91. The van der Waals surface area contributed by atoms with Crippen molar-refractivity contribution in [3.05, 3.63) is 276 Å².